The van der Waals surface area contributed by atoms with Crippen molar-refractivity contribution in [3.63, 3.8) is 0 Å². The molecule has 3 rings (SSSR count). The van der Waals surface area contributed by atoms with Crippen LogP contribution in [0.25, 0.3) is 0 Å². The van der Waals surface area contributed by atoms with Crippen LogP contribution < -0.4 is 0 Å². The van der Waals surface area contributed by atoms with Crippen molar-refractivity contribution in [1.82, 2.24) is 0 Å². The summed E-state index contributed by atoms with van der Waals surface area (Å²) in [5.74, 6) is 2.96. The number of hydrogen-bond acceptors (Lipinski definition) is 0. The van der Waals surface area contributed by atoms with E-state index in [2.05, 4.69) is 26.0 Å². The number of aryl methyl sites for hydroxylation is 2. The molecule has 0 nitrogen and oxygen atoms in total. The van der Waals surface area contributed by atoms with Crippen molar-refractivity contribution in [3.05, 3.63) is 46.8 Å². The van der Waals surface area contributed by atoms with Crippen molar-refractivity contribution in [2.75, 3.05) is 0 Å². The van der Waals surface area contributed by atoms with E-state index in [4.69, 9.17) is 0 Å². The van der Waals surface area contributed by atoms with Crippen molar-refractivity contribution in [1.29, 1.82) is 0 Å². The van der Waals surface area contributed by atoms with E-state index in [0.29, 0.717) is 0 Å². The molecule has 0 bridgehead atoms. The predicted octanol–water partition coefficient (Wildman–Crippen LogP) is 9.99. The molecule has 1 aromatic rings. The van der Waals surface area contributed by atoms with Gasteiger partial charge in [-0.25, -0.2) is 4.39 Å². The van der Waals surface area contributed by atoms with Crippen LogP contribution in [0.1, 0.15) is 128 Å². The lowest BCUT2D eigenvalue weighted by molar-refractivity contribution is 0.234. The van der Waals surface area contributed by atoms with Crippen molar-refractivity contribution < 1.29 is 4.39 Å². The highest BCUT2D eigenvalue weighted by Gasteiger charge is 2.22. The minimum absolute atomic E-state index is 0.00688. The summed E-state index contributed by atoms with van der Waals surface area (Å²) in [4.78, 5) is 0. The third-order valence-electron chi connectivity index (χ3n) is 8.40. The molecule has 0 saturated heterocycles. The van der Waals surface area contributed by atoms with Crippen LogP contribution in [-0.2, 0) is 12.8 Å². The molecule has 1 unspecified atom stereocenters. The summed E-state index contributed by atoms with van der Waals surface area (Å²) in [7, 11) is 0. The van der Waals surface area contributed by atoms with Gasteiger partial charge in [0, 0.05) is 0 Å². The Kier molecular flexibility index (Phi) is 11.3. The molecule has 1 saturated carbocycles. The molecule has 2 aliphatic carbocycles. The summed E-state index contributed by atoms with van der Waals surface area (Å²) in [5.41, 5.74) is 3.64. The Balaban J connectivity index is 1.29. The maximum Gasteiger partial charge on any atom is 0.126 e. The van der Waals surface area contributed by atoms with Crippen LogP contribution in [-0.4, -0.2) is 0 Å². The third kappa shape index (κ3) is 8.68. The maximum atomic E-state index is 14.2. The minimum Gasteiger partial charge on any atom is -0.207 e. The summed E-state index contributed by atoms with van der Waals surface area (Å²) in [6.45, 7) is 4.42. The smallest absolute Gasteiger partial charge is 0.126 e. The second-order valence-electron chi connectivity index (χ2n) is 11.0. The molecule has 0 heterocycles. The Hall–Kier alpha value is -1.11. The Labute approximate surface area is 198 Å². The van der Waals surface area contributed by atoms with E-state index in [1.165, 1.54) is 89.9 Å². The van der Waals surface area contributed by atoms with Crippen LogP contribution in [0.15, 0.2) is 29.8 Å². The van der Waals surface area contributed by atoms with E-state index >= 15 is 0 Å². The minimum atomic E-state index is -0.00688. The van der Waals surface area contributed by atoms with Gasteiger partial charge < -0.3 is 0 Å². The van der Waals surface area contributed by atoms with Gasteiger partial charge in [-0.2, -0.15) is 0 Å². The van der Waals surface area contributed by atoms with Crippen molar-refractivity contribution in [3.8, 4) is 0 Å². The first kappa shape index (κ1) is 25.5. The Morgan fingerprint density at radius 3 is 2.16 bits per heavy atom. The molecule has 1 atom stereocenters. The van der Waals surface area contributed by atoms with Crippen LogP contribution in [0.5, 0.6) is 0 Å². The lowest BCUT2D eigenvalue weighted by Gasteiger charge is -2.30. The molecule has 0 aliphatic heterocycles. The molecule has 32 heavy (non-hydrogen) atoms. The average Bonchev–Trinajstić information content (AvgIpc) is 2.82. The summed E-state index contributed by atoms with van der Waals surface area (Å²) in [5, 5.41) is 0. The molecular weight excluding hydrogens is 391 g/mol. The number of unbranched alkanes of at least 4 members (excludes halogenated alkanes) is 3. The van der Waals surface area contributed by atoms with Gasteiger partial charge in [0.15, 0.2) is 0 Å². The topological polar surface area (TPSA) is 0 Å². The average molecular weight is 441 g/mol. The molecule has 0 radical (unpaired) electrons. The molecule has 0 spiro atoms. The number of allylic oxidation sites excluding steroid dienone is 2. The van der Waals surface area contributed by atoms with Gasteiger partial charge in [0.2, 0.25) is 0 Å². The van der Waals surface area contributed by atoms with E-state index in [0.717, 1.165) is 54.6 Å². The highest BCUT2D eigenvalue weighted by atomic mass is 19.1. The van der Waals surface area contributed by atoms with Gasteiger partial charge in [0.05, 0.1) is 0 Å². The Morgan fingerprint density at radius 1 is 0.750 bits per heavy atom. The summed E-state index contributed by atoms with van der Waals surface area (Å²) < 4.78 is 14.2. The van der Waals surface area contributed by atoms with Gasteiger partial charge in [-0.1, -0.05) is 108 Å². The number of rotatable bonds is 13. The van der Waals surface area contributed by atoms with Crippen LogP contribution in [0, 0.1) is 23.6 Å². The highest BCUT2D eigenvalue weighted by molar-refractivity contribution is 5.25. The summed E-state index contributed by atoms with van der Waals surface area (Å²) >= 11 is 0. The van der Waals surface area contributed by atoms with E-state index in [9.17, 15) is 4.39 Å². The lowest BCUT2D eigenvalue weighted by Crippen LogP contribution is -2.16. The molecule has 0 aromatic heterocycles. The Bertz CT molecular complexity index is 680. The fraction of sp³-hybridized carbons (Fsp3) is 0.742. The van der Waals surface area contributed by atoms with Gasteiger partial charge in [0.25, 0.3) is 0 Å². The first-order valence-corrected chi connectivity index (χ1v) is 14.1. The van der Waals surface area contributed by atoms with E-state index < -0.39 is 0 Å². The number of benzene rings is 1. The first-order valence-electron chi connectivity index (χ1n) is 14.1. The van der Waals surface area contributed by atoms with E-state index in [1.807, 2.05) is 6.07 Å². The zero-order chi connectivity index (χ0) is 22.6. The zero-order valence-electron chi connectivity index (χ0n) is 21.1. The van der Waals surface area contributed by atoms with Crippen molar-refractivity contribution >= 4 is 0 Å². The van der Waals surface area contributed by atoms with Crippen molar-refractivity contribution in [2.24, 2.45) is 17.8 Å². The fourth-order valence-corrected chi connectivity index (χ4v) is 6.10. The van der Waals surface area contributed by atoms with Crippen molar-refractivity contribution in [2.45, 2.75) is 129 Å². The second kappa shape index (κ2) is 14.2. The van der Waals surface area contributed by atoms with Crippen LogP contribution in [0.4, 0.5) is 4.39 Å². The molecule has 1 aromatic carbocycles. The molecular formula is C31H49F. The van der Waals surface area contributed by atoms with Crippen LogP contribution in [0.2, 0.25) is 0 Å². The highest BCUT2D eigenvalue weighted by Crippen LogP contribution is 2.37. The predicted molar refractivity (Wildman–Crippen MR) is 138 cm³/mol. The van der Waals surface area contributed by atoms with Gasteiger partial charge in [-0.05, 0) is 79.9 Å². The third-order valence-corrected chi connectivity index (χ3v) is 8.40. The maximum absolute atomic E-state index is 14.2. The molecule has 1 heteroatoms. The van der Waals surface area contributed by atoms with Crippen LogP contribution >= 0.6 is 0 Å². The van der Waals surface area contributed by atoms with Gasteiger partial charge >= 0.3 is 0 Å². The molecule has 0 N–H and O–H groups in total. The molecule has 2 aliphatic rings. The molecule has 1 fully saturated rings. The Morgan fingerprint density at radius 2 is 1.50 bits per heavy atom. The largest absolute Gasteiger partial charge is 0.207 e. The lowest BCUT2D eigenvalue weighted by atomic mass is 9.76. The van der Waals surface area contributed by atoms with E-state index in [-0.39, 0.29) is 5.82 Å². The monoisotopic (exact) mass is 440 g/mol. The number of hydrogen-bond donors (Lipinski definition) is 0. The second-order valence-corrected chi connectivity index (χ2v) is 11.0. The van der Waals surface area contributed by atoms with Gasteiger partial charge in [-0.15, -0.1) is 0 Å². The zero-order valence-corrected chi connectivity index (χ0v) is 21.1. The first-order chi connectivity index (χ1) is 15.7. The fourth-order valence-electron chi connectivity index (χ4n) is 6.10. The van der Waals surface area contributed by atoms with E-state index in [1.54, 1.807) is 11.6 Å². The van der Waals surface area contributed by atoms with Gasteiger partial charge in [0.1, 0.15) is 5.82 Å². The van der Waals surface area contributed by atoms with Crippen LogP contribution in [0.3, 0.4) is 0 Å². The molecule has 0 amide bonds. The summed E-state index contributed by atoms with van der Waals surface area (Å²) in [6.07, 6.45) is 26.6. The SMILES string of the molecule is CCCCCC[C@H]1CC[C@H](CCC2CC=C(CCc3ccc(CCC)c(F)c3)CC2)CC1. The standard InChI is InChI=1S/C31H49F/c1-3-5-6-7-9-25-10-12-26(13-11-25)14-15-27-16-18-28(19-17-27)20-21-29-22-23-30(8-4-2)31(32)24-29/h18,22-27H,3-17,19-21H2,1-2H3/t25-,26-,27?. The number of halogens is 1. The van der Waals surface area contributed by atoms with Gasteiger partial charge in [-0.3, -0.25) is 0 Å². The normalized spacial score (nSPS) is 23.8. The quantitative estimate of drug-likeness (QED) is 0.211. The molecule has 180 valence electrons. The summed E-state index contributed by atoms with van der Waals surface area (Å²) in [6, 6.07) is 5.91.